The van der Waals surface area contributed by atoms with Crippen LogP contribution < -0.4 is 0 Å². The molecule has 0 bridgehead atoms. The maximum absolute atomic E-state index is 12.7. The molecule has 0 aromatic heterocycles. The second kappa shape index (κ2) is 4.46. The number of benzene rings is 1. The normalized spacial score (nSPS) is 15.3. The lowest BCUT2D eigenvalue weighted by Crippen LogP contribution is -2.25. The molecule has 1 saturated carbocycles. The zero-order chi connectivity index (χ0) is 10.7. The van der Waals surface area contributed by atoms with Crippen LogP contribution in [0.15, 0.2) is 24.3 Å². The Kier molecular flexibility index (Phi) is 3.03. The van der Waals surface area contributed by atoms with Crippen LogP contribution in [-0.2, 0) is 6.54 Å². The number of nitrogens with zero attached hydrogens (tertiary/aromatic N) is 1. The number of halogens is 1. The van der Waals surface area contributed by atoms with E-state index in [0.29, 0.717) is 12.6 Å². The molecule has 0 saturated heterocycles. The second-order valence-corrected chi connectivity index (χ2v) is 3.97. The number of hydrogen-bond donors (Lipinski definition) is 0. The van der Waals surface area contributed by atoms with E-state index in [9.17, 15) is 4.39 Å². The van der Waals surface area contributed by atoms with Gasteiger partial charge in [0.25, 0.3) is 0 Å². The van der Waals surface area contributed by atoms with Crippen molar-refractivity contribution in [1.29, 1.82) is 0 Å². The van der Waals surface area contributed by atoms with Gasteiger partial charge in [0.05, 0.1) is 6.54 Å². The third-order valence-electron chi connectivity index (χ3n) is 2.66. The van der Waals surface area contributed by atoms with E-state index in [1.54, 1.807) is 0 Å². The van der Waals surface area contributed by atoms with Crippen molar-refractivity contribution in [3.63, 3.8) is 0 Å². The molecule has 15 heavy (non-hydrogen) atoms. The highest BCUT2D eigenvalue weighted by atomic mass is 19.1. The number of terminal acetylenes is 1. The molecule has 0 unspecified atom stereocenters. The molecule has 1 nitrogen and oxygen atoms in total. The molecule has 1 aromatic carbocycles. The summed E-state index contributed by atoms with van der Waals surface area (Å²) in [7, 11) is 0. The van der Waals surface area contributed by atoms with Crippen LogP contribution in [0.25, 0.3) is 0 Å². The van der Waals surface area contributed by atoms with E-state index in [-0.39, 0.29) is 5.82 Å². The maximum atomic E-state index is 12.7. The zero-order valence-electron chi connectivity index (χ0n) is 8.62. The van der Waals surface area contributed by atoms with E-state index in [4.69, 9.17) is 6.42 Å². The van der Waals surface area contributed by atoms with Crippen molar-refractivity contribution >= 4 is 0 Å². The Morgan fingerprint density at radius 3 is 2.53 bits per heavy atom. The summed E-state index contributed by atoms with van der Waals surface area (Å²) in [5, 5.41) is 0. The summed E-state index contributed by atoms with van der Waals surface area (Å²) in [6.07, 6.45) is 7.80. The molecule has 1 fully saturated rings. The summed E-state index contributed by atoms with van der Waals surface area (Å²) in [4.78, 5) is 2.27. The minimum absolute atomic E-state index is 0.186. The van der Waals surface area contributed by atoms with Gasteiger partial charge in [-0.2, -0.15) is 0 Å². The standard InChI is InChI=1S/C13H14FN/c1-2-9-15(13-7-8-13)10-11-3-5-12(14)6-4-11/h1,3-6,13H,7-10H2. The molecule has 1 aliphatic rings. The predicted octanol–water partition coefficient (Wildman–Crippen LogP) is 2.42. The number of rotatable bonds is 4. The molecule has 0 heterocycles. The van der Waals surface area contributed by atoms with Gasteiger partial charge >= 0.3 is 0 Å². The first-order chi connectivity index (χ1) is 7.29. The quantitative estimate of drug-likeness (QED) is 0.679. The fourth-order valence-corrected chi connectivity index (χ4v) is 1.70. The maximum Gasteiger partial charge on any atom is 0.123 e. The lowest BCUT2D eigenvalue weighted by atomic mass is 10.2. The molecule has 0 aliphatic heterocycles. The minimum atomic E-state index is -0.186. The van der Waals surface area contributed by atoms with E-state index >= 15 is 0 Å². The molecule has 0 atom stereocenters. The molecule has 2 heteroatoms. The smallest absolute Gasteiger partial charge is 0.123 e. The summed E-state index contributed by atoms with van der Waals surface area (Å²) in [6, 6.07) is 7.28. The van der Waals surface area contributed by atoms with Gasteiger partial charge in [-0.05, 0) is 30.5 Å². The Bertz CT molecular complexity index is 359. The molecule has 0 radical (unpaired) electrons. The first-order valence-corrected chi connectivity index (χ1v) is 5.21. The highest BCUT2D eigenvalue weighted by molar-refractivity contribution is 5.16. The summed E-state index contributed by atoms with van der Waals surface area (Å²) >= 11 is 0. The van der Waals surface area contributed by atoms with Gasteiger partial charge in [0, 0.05) is 12.6 Å². The van der Waals surface area contributed by atoms with Crippen LogP contribution in [0.5, 0.6) is 0 Å². The van der Waals surface area contributed by atoms with Crippen molar-refractivity contribution in [1.82, 2.24) is 4.90 Å². The highest BCUT2D eigenvalue weighted by Crippen LogP contribution is 2.27. The van der Waals surface area contributed by atoms with Gasteiger partial charge in [-0.25, -0.2) is 4.39 Å². The van der Waals surface area contributed by atoms with E-state index in [1.807, 2.05) is 12.1 Å². The average Bonchev–Trinajstić information content (AvgIpc) is 3.04. The minimum Gasteiger partial charge on any atom is -0.285 e. The van der Waals surface area contributed by atoms with E-state index in [0.717, 1.165) is 12.1 Å². The second-order valence-electron chi connectivity index (χ2n) is 3.97. The van der Waals surface area contributed by atoms with Crippen LogP contribution in [-0.4, -0.2) is 17.5 Å². The summed E-state index contributed by atoms with van der Waals surface area (Å²) < 4.78 is 12.7. The Morgan fingerprint density at radius 2 is 2.00 bits per heavy atom. The van der Waals surface area contributed by atoms with Crippen molar-refractivity contribution < 1.29 is 4.39 Å². The van der Waals surface area contributed by atoms with Crippen molar-refractivity contribution in [3.05, 3.63) is 35.6 Å². The van der Waals surface area contributed by atoms with Crippen molar-refractivity contribution in [2.24, 2.45) is 0 Å². The topological polar surface area (TPSA) is 3.24 Å². The predicted molar refractivity (Wildman–Crippen MR) is 58.7 cm³/mol. The fourth-order valence-electron chi connectivity index (χ4n) is 1.70. The molecule has 2 rings (SSSR count). The van der Waals surface area contributed by atoms with E-state index in [2.05, 4.69) is 10.8 Å². The van der Waals surface area contributed by atoms with Gasteiger partial charge in [-0.3, -0.25) is 4.90 Å². The first kappa shape index (κ1) is 10.2. The van der Waals surface area contributed by atoms with E-state index in [1.165, 1.54) is 25.0 Å². The first-order valence-electron chi connectivity index (χ1n) is 5.21. The largest absolute Gasteiger partial charge is 0.285 e. The fraction of sp³-hybridized carbons (Fsp3) is 0.385. The monoisotopic (exact) mass is 203 g/mol. The van der Waals surface area contributed by atoms with Crippen LogP contribution in [0, 0.1) is 18.2 Å². The molecule has 1 aromatic rings. The van der Waals surface area contributed by atoms with Crippen LogP contribution in [0.4, 0.5) is 4.39 Å². The van der Waals surface area contributed by atoms with E-state index < -0.39 is 0 Å². The lowest BCUT2D eigenvalue weighted by Gasteiger charge is -2.18. The van der Waals surface area contributed by atoms with Gasteiger partial charge < -0.3 is 0 Å². The van der Waals surface area contributed by atoms with Crippen molar-refractivity contribution in [3.8, 4) is 12.3 Å². The summed E-state index contributed by atoms with van der Waals surface area (Å²) in [5.41, 5.74) is 1.12. The van der Waals surface area contributed by atoms with Crippen LogP contribution >= 0.6 is 0 Å². The van der Waals surface area contributed by atoms with Crippen LogP contribution in [0.1, 0.15) is 18.4 Å². The van der Waals surface area contributed by atoms with Gasteiger partial charge in [0.15, 0.2) is 0 Å². The van der Waals surface area contributed by atoms with Crippen LogP contribution in [0.2, 0.25) is 0 Å². The lowest BCUT2D eigenvalue weighted by molar-refractivity contribution is 0.288. The Balaban J connectivity index is 1.99. The van der Waals surface area contributed by atoms with Crippen molar-refractivity contribution in [2.45, 2.75) is 25.4 Å². The highest BCUT2D eigenvalue weighted by Gasteiger charge is 2.28. The molecular weight excluding hydrogens is 189 g/mol. The van der Waals surface area contributed by atoms with Gasteiger partial charge in [-0.1, -0.05) is 18.1 Å². The molecule has 0 spiro atoms. The van der Waals surface area contributed by atoms with Gasteiger partial charge in [-0.15, -0.1) is 6.42 Å². The SMILES string of the molecule is C#CCN(Cc1ccc(F)cc1)C1CC1. The molecular formula is C13H14FN. The molecule has 0 N–H and O–H groups in total. The molecule has 1 aliphatic carbocycles. The van der Waals surface area contributed by atoms with Gasteiger partial charge in [0.2, 0.25) is 0 Å². The molecule has 0 amide bonds. The zero-order valence-corrected chi connectivity index (χ0v) is 8.62. The summed E-state index contributed by atoms with van der Waals surface area (Å²) in [6.45, 7) is 1.51. The third-order valence-corrected chi connectivity index (χ3v) is 2.66. The Labute approximate surface area is 89.9 Å². The Morgan fingerprint density at radius 1 is 1.33 bits per heavy atom. The number of hydrogen-bond acceptors (Lipinski definition) is 1. The molecule has 78 valence electrons. The Hall–Kier alpha value is -1.33. The van der Waals surface area contributed by atoms with Gasteiger partial charge in [0.1, 0.15) is 5.82 Å². The van der Waals surface area contributed by atoms with Crippen molar-refractivity contribution in [2.75, 3.05) is 6.54 Å². The summed E-state index contributed by atoms with van der Waals surface area (Å²) in [5.74, 6) is 2.49. The third kappa shape index (κ3) is 2.81. The van der Waals surface area contributed by atoms with Crippen LogP contribution in [0.3, 0.4) is 0 Å². The average molecular weight is 203 g/mol.